The summed E-state index contributed by atoms with van der Waals surface area (Å²) in [6, 6.07) is 5.01. The quantitative estimate of drug-likeness (QED) is 0.823. The van der Waals surface area contributed by atoms with E-state index in [0.29, 0.717) is 6.61 Å². The largest absolute Gasteiger partial charge is 0.470 e. The minimum Gasteiger partial charge on any atom is -0.470 e. The van der Waals surface area contributed by atoms with E-state index in [9.17, 15) is 4.39 Å². The molecule has 0 unspecified atom stereocenters. The lowest BCUT2D eigenvalue weighted by Gasteiger charge is -2.04. The Bertz CT molecular complexity index is 447. The minimum atomic E-state index is -0.543. The fourth-order valence-corrected chi connectivity index (χ4v) is 1.80. The summed E-state index contributed by atoms with van der Waals surface area (Å²) in [7, 11) is 0. The molecule has 0 aliphatic heterocycles. The van der Waals surface area contributed by atoms with Gasteiger partial charge in [0, 0.05) is 11.1 Å². The standard InChI is InChI=1S/C10H7ClFNOS/c11-7-4-9(12)10(13-5-7)14-6-8-2-1-3-15-8/h1-5H,6H2. The molecule has 2 aromatic heterocycles. The summed E-state index contributed by atoms with van der Waals surface area (Å²) in [6.45, 7) is 0.323. The zero-order valence-electron chi connectivity index (χ0n) is 7.61. The highest BCUT2D eigenvalue weighted by molar-refractivity contribution is 7.09. The van der Waals surface area contributed by atoms with Crippen LogP contribution < -0.4 is 4.74 Å². The molecule has 0 amide bonds. The van der Waals surface area contributed by atoms with E-state index < -0.39 is 5.82 Å². The molecular formula is C10H7ClFNOS. The van der Waals surface area contributed by atoms with Crippen molar-refractivity contribution in [2.24, 2.45) is 0 Å². The van der Waals surface area contributed by atoms with Crippen molar-refractivity contribution >= 4 is 22.9 Å². The van der Waals surface area contributed by atoms with Gasteiger partial charge in [0.2, 0.25) is 0 Å². The maximum absolute atomic E-state index is 13.2. The van der Waals surface area contributed by atoms with Gasteiger partial charge < -0.3 is 4.74 Å². The van der Waals surface area contributed by atoms with Crippen molar-refractivity contribution in [3.63, 3.8) is 0 Å². The van der Waals surface area contributed by atoms with Gasteiger partial charge in [-0.15, -0.1) is 11.3 Å². The third kappa shape index (κ3) is 2.67. The zero-order chi connectivity index (χ0) is 10.7. The van der Waals surface area contributed by atoms with Crippen LogP contribution in [0.3, 0.4) is 0 Å². The third-order valence-corrected chi connectivity index (χ3v) is 2.76. The molecule has 2 nitrogen and oxygen atoms in total. The molecule has 15 heavy (non-hydrogen) atoms. The van der Waals surface area contributed by atoms with Crippen molar-refractivity contribution < 1.29 is 9.13 Å². The van der Waals surface area contributed by atoms with Crippen molar-refractivity contribution in [1.29, 1.82) is 0 Å². The van der Waals surface area contributed by atoms with Crippen LogP contribution in [-0.4, -0.2) is 4.98 Å². The van der Waals surface area contributed by atoms with Crippen LogP contribution >= 0.6 is 22.9 Å². The number of ether oxygens (including phenoxy) is 1. The highest BCUT2D eigenvalue weighted by Gasteiger charge is 2.06. The Hall–Kier alpha value is -1.13. The van der Waals surface area contributed by atoms with Gasteiger partial charge in [0.15, 0.2) is 5.82 Å². The summed E-state index contributed by atoms with van der Waals surface area (Å²) < 4.78 is 18.4. The third-order valence-electron chi connectivity index (χ3n) is 1.71. The second-order valence-corrected chi connectivity index (χ2v) is 4.28. The average Bonchev–Trinajstić information content (AvgIpc) is 2.69. The fourth-order valence-electron chi connectivity index (χ4n) is 1.04. The fraction of sp³-hybridized carbons (Fsp3) is 0.100. The van der Waals surface area contributed by atoms with E-state index in [2.05, 4.69) is 4.98 Å². The SMILES string of the molecule is Fc1cc(Cl)cnc1OCc1cccs1. The van der Waals surface area contributed by atoms with E-state index in [1.807, 2.05) is 17.5 Å². The van der Waals surface area contributed by atoms with Gasteiger partial charge in [-0.1, -0.05) is 17.7 Å². The smallest absolute Gasteiger partial charge is 0.250 e. The Morgan fingerprint density at radius 2 is 2.40 bits per heavy atom. The molecule has 0 saturated carbocycles. The molecule has 0 atom stereocenters. The summed E-state index contributed by atoms with van der Waals surface area (Å²) in [6.07, 6.45) is 1.36. The van der Waals surface area contributed by atoms with E-state index in [-0.39, 0.29) is 10.9 Å². The van der Waals surface area contributed by atoms with Crippen molar-refractivity contribution in [3.05, 3.63) is 45.5 Å². The van der Waals surface area contributed by atoms with Gasteiger partial charge in [-0.2, -0.15) is 0 Å². The Morgan fingerprint density at radius 3 is 3.07 bits per heavy atom. The number of halogens is 2. The monoisotopic (exact) mass is 243 g/mol. The van der Waals surface area contributed by atoms with Crippen molar-refractivity contribution in [1.82, 2.24) is 4.98 Å². The number of aromatic nitrogens is 1. The number of rotatable bonds is 3. The van der Waals surface area contributed by atoms with E-state index >= 15 is 0 Å². The number of hydrogen-bond donors (Lipinski definition) is 0. The molecule has 2 heterocycles. The van der Waals surface area contributed by atoms with E-state index in [1.54, 1.807) is 11.3 Å². The minimum absolute atomic E-state index is 0.0206. The molecule has 2 aromatic rings. The second-order valence-electron chi connectivity index (χ2n) is 2.81. The van der Waals surface area contributed by atoms with Gasteiger partial charge in [-0.25, -0.2) is 9.37 Å². The van der Waals surface area contributed by atoms with Gasteiger partial charge in [0.25, 0.3) is 5.88 Å². The summed E-state index contributed by atoms with van der Waals surface area (Å²) in [4.78, 5) is 4.77. The van der Waals surface area contributed by atoms with Gasteiger partial charge >= 0.3 is 0 Å². The summed E-state index contributed by atoms with van der Waals surface area (Å²) in [5.74, 6) is -0.563. The number of pyridine rings is 1. The maximum Gasteiger partial charge on any atom is 0.250 e. The van der Waals surface area contributed by atoms with Crippen molar-refractivity contribution in [2.45, 2.75) is 6.61 Å². The summed E-state index contributed by atoms with van der Waals surface area (Å²) in [5.41, 5.74) is 0. The first-order valence-corrected chi connectivity index (χ1v) is 5.47. The van der Waals surface area contributed by atoms with Crippen LogP contribution in [0.5, 0.6) is 5.88 Å². The second kappa shape index (κ2) is 4.59. The summed E-state index contributed by atoms with van der Waals surface area (Å²) >= 11 is 7.11. The molecule has 0 aliphatic carbocycles. The van der Waals surface area contributed by atoms with E-state index in [1.165, 1.54) is 12.3 Å². The molecule has 5 heteroatoms. The number of hydrogen-bond acceptors (Lipinski definition) is 3. The molecular weight excluding hydrogens is 237 g/mol. The first-order chi connectivity index (χ1) is 7.25. The molecule has 2 rings (SSSR count). The van der Waals surface area contributed by atoms with Crippen LogP contribution in [0, 0.1) is 5.82 Å². The van der Waals surface area contributed by atoms with Gasteiger partial charge in [0.1, 0.15) is 6.61 Å². The van der Waals surface area contributed by atoms with Gasteiger partial charge in [-0.3, -0.25) is 0 Å². The lowest BCUT2D eigenvalue weighted by Crippen LogP contribution is -1.97. The predicted molar refractivity (Wildman–Crippen MR) is 57.9 cm³/mol. The molecule has 0 radical (unpaired) electrons. The Morgan fingerprint density at radius 1 is 1.53 bits per heavy atom. The highest BCUT2D eigenvalue weighted by atomic mass is 35.5. The highest BCUT2D eigenvalue weighted by Crippen LogP contribution is 2.19. The normalized spacial score (nSPS) is 10.3. The zero-order valence-corrected chi connectivity index (χ0v) is 9.19. The Kier molecular flexibility index (Phi) is 3.18. The topological polar surface area (TPSA) is 22.1 Å². The average molecular weight is 244 g/mol. The van der Waals surface area contributed by atoms with Crippen LogP contribution in [0.15, 0.2) is 29.8 Å². The molecule has 0 saturated heterocycles. The first kappa shape index (κ1) is 10.4. The summed E-state index contributed by atoms with van der Waals surface area (Å²) in [5, 5.41) is 2.20. The van der Waals surface area contributed by atoms with Gasteiger partial charge in [-0.05, 0) is 17.5 Å². The Labute approximate surface area is 95.3 Å². The Balaban J connectivity index is 2.05. The molecule has 0 spiro atoms. The first-order valence-electron chi connectivity index (χ1n) is 4.22. The van der Waals surface area contributed by atoms with Crippen LogP contribution in [0.25, 0.3) is 0 Å². The number of thiophene rings is 1. The van der Waals surface area contributed by atoms with Crippen LogP contribution in [0.4, 0.5) is 4.39 Å². The molecule has 0 bridgehead atoms. The molecule has 78 valence electrons. The van der Waals surface area contributed by atoms with E-state index in [0.717, 1.165) is 4.88 Å². The predicted octanol–water partition coefficient (Wildman–Crippen LogP) is 3.51. The van der Waals surface area contributed by atoms with Crippen molar-refractivity contribution in [3.8, 4) is 5.88 Å². The molecule has 0 N–H and O–H groups in total. The van der Waals surface area contributed by atoms with Crippen LogP contribution in [0.1, 0.15) is 4.88 Å². The molecule has 0 fully saturated rings. The van der Waals surface area contributed by atoms with Crippen LogP contribution in [-0.2, 0) is 6.61 Å². The van der Waals surface area contributed by atoms with Crippen LogP contribution in [0.2, 0.25) is 5.02 Å². The lowest BCUT2D eigenvalue weighted by molar-refractivity contribution is 0.280. The number of nitrogens with zero attached hydrogens (tertiary/aromatic N) is 1. The van der Waals surface area contributed by atoms with E-state index in [4.69, 9.17) is 16.3 Å². The molecule has 0 aliphatic rings. The van der Waals surface area contributed by atoms with Crippen molar-refractivity contribution in [2.75, 3.05) is 0 Å². The maximum atomic E-state index is 13.2. The molecule has 0 aromatic carbocycles. The van der Waals surface area contributed by atoms with Gasteiger partial charge in [0.05, 0.1) is 5.02 Å². The lowest BCUT2D eigenvalue weighted by atomic mass is 10.4.